The van der Waals surface area contributed by atoms with Crippen LogP contribution in [0.3, 0.4) is 0 Å². The minimum atomic E-state index is -1.98. The summed E-state index contributed by atoms with van der Waals surface area (Å²) in [5.74, 6) is -2.55. The maximum Gasteiger partial charge on any atom is 0.335 e. The van der Waals surface area contributed by atoms with E-state index < -0.39 is 27.8 Å². The molecule has 0 unspecified atom stereocenters. The first-order valence-electron chi connectivity index (χ1n) is 6.24. The van der Waals surface area contributed by atoms with E-state index in [1.165, 1.54) is 0 Å². The molecule has 0 bridgehead atoms. The Hall–Kier alpha value is -1.52. The van der Waals surface area contributed by atoms with Crippen LogP contribution in [0.1, 0.15) is 18.9 Å². The van der Waals surface area contributed by atoms with Crippen LogP contribution < -0.4 is 0 Å². The van der Waals surface area contributed by atoms with Crippen molar-refractivity contribution in [2.75, 3.05) is 7.11 Å². The van der Waals surface area contributed by atoms with Gasteiger partial charge in [0.15, 0.2) is 5.76 Å². The summed E-state index contributed by atoms with van der Waals surface area (Å²) in [6.45, 7) is 1.72. The van der Waals surface area contributed by atoms with Crippen molar-refractivity contribution in [3.8, 4) is 0 Å². The van der Waals surface area contributed by atoms with Gasteiger partial charge in [0.2, 0.25) is 10.7 Å². The second kappa shape index (κ2) is 5.35. The van der Waals surface area contributed by atoms with E-state index in [2.05, 4.69) is 4.74 Å². The van der Waals surface area contributed by atoms with Gasteiger partial charge in [-0.1, -0.05) is 60.5 Å². The van der Waals surface area contributed by atoms with Crippen LogP contribution >= 0.6 is 23.2 Å². The second-order valence-corrected chi connectivity index (χ2v) is 6.18. The quantitative estimate of drug-likeness (QED) is 0.514. The van der Waals surface area contributed by atoms with Crippen molar-refractivity contribution in [3.05, 3.63) is 46.7 Å². The van der Waals surface area contributed by atoms with Crippen LogP contribution in [0.15, 0.2) is 41.1 Å². The molecule has 0 aromatic heterocycles. The number of hydrogen-bond acceptors (Lipinski definition) is 4. The lowest BCUT2D eigenvalue weighted by Crippen LogP contribution is -2.52. The van der Waals surface area contributed by atoms with E-state index in [0.29, 0.717) is 0 Å². The number of Topliss-reactive ketones (excluding diaryl/α,β-unsaturated/α-hetero) is 1. The lowest BCUT2D eigenvalue weighted by molar-refractivity contribution is -0.148. The van der Waals surface area contributed by atoms with E-state index >= 15 is 0 Å². The molecule has 0 heterocycles. The number of benzene rings is 1. The first kappa shape index (κ1) is 15.9. The van der Waals surface area contributed by atoms with E-state index in [0.717, 1.165) is 12.7 Å². The Morgan fingerprint density at radius 2 is 1.90 bits per heavy atom. The lowest BCUT2D eigenvalue weighted by atomic mass is 9.69. The minimum Gasteiger partial charge on any atom is -0.503 e. The van der Waals surface area contributed by atoms with Crippen molar-refractivity contribution in [2.24, 2.45) is 0 Å². The molecule has 112 valence electrons. The molecule has 0 aliphatic heterocycles. The number of methoxy groups -OCH3 is 1. The Labute approximate surface area is 132 Å². The van der Waals surface area contributed by atoms with Crippen LogP contribution in [0.5, 0.6) is 0 Å². The molecule has 1 aromatic carbocycles. The van der Waals surface area contributed by atoms with Gasteiger partial charge in [-0.2, -0.15) is 0 Å². The summed E-state index contributed by atoms with van der Waals surface area (Å²) in [5, 5.41) is 10.0. The average molecular weight is 329 g/mol. The lowest BCUT2D eigenvalue weighted by Gasteiger charge is -2.39. The van der Waals surface area contributed by atoms with Gasteiger partial charge >= 0.3 is 5.97 Å². The standard InChI is InChI=1S/C15H14Cl2O4/c1-14(9-6-4-3-5-7-9)8-15(17,13(20)21-2)12(19)10(18)11(14)16/h3-7,18H,8H2,1-2H3/t14-,15-/m1/s1. The second-order valence-electron chi connectivity index (χ2n) is 5.16. The highest BCUT2D eigenvalue weighted by atomic mass is 35.5. The SMILES string of the molecule is COC(=O)[C@@]1(Cl)C[C@](C)(c2ccccc2)C(Cl)=C(O)C1=O. The smallest absolute Gasteiger partial charge is 0.335 e. The number of esters is 1. The van der Waals surface area contributed by atoms with Crippen molar-refractivity contribution in [2.45, 2.75) is 23.6 Å². The maximum atomic E-state index is 12.2. The normalized spacial score (nSPS) is 29.4. The molecule has 1 aliphatic carbocycles. The summed E-state index contributed by atoms with van der Waals surface area (Å²) in [5.41, 5.74) is -0.223. The minimum absolute atomic E-state index is 0.0288. The predicted molar refractivity (Wildman–Crippen MR) is 79.5 cm³/mol. The zero-order chi connectivity index (χ0) is 15.8. The molecule has 2 atom stereocenters. The Balaban J connectivity index is 2.64. The topological polar surface area (TPSA) is 63.6 Å². The van der Waals surface area contributed by atoms with Gasteiger partial charge in [0.1, 0.15) is 0 Å². The van der Waals surface area contributed by atoms with Gasteiger partial charge in [-0.05, 0) is 12.0 Å². The van der Waals surface area contributed by atoms with Crippen LogP contribution in [0.2, 0.25) is 0 Å². The number of alkyl halides is 1. The number of ether oxygens (including phenoxy) is 1. The zero-order valence-electron chi connectivity index (χ0n) is 11.5. The largest absolute Gasteiger partial charge is 0.503 e. The van der Waals surface area contributed by atoms with Gasteiger partial charge < -0.3 is 9.84 Å². The molecule has 2 rings (SSSR count). The van der Waals surface area contributed by atoms with E-state index in [9.17, 15) is 14.7 Å². The Bertz CT molecular complexity index is 626. The highest BCUT2D eigenvalue weighted by Gasteiger charge is 2.57. The average Bonchev–Trinajstić information content (AvgIpc) is 2.51. The fourth-order valence-electron chi connectivity index (χ4n) is 2.56. The number of aliphatic hydroxyl groups is 1. The summed E-state index contributed by atoms with van der Waals surface area (Å²) in [7, 11) is 1.14. The van der Waals surface area contributed by atoms with Crippen molar-refractivity contribution >= 4 is 35.0 Å². The van der Waals surface area contributed by atoms with Crippen LogP contribution in [0.25, 0.3) is 0 Å². The van der Waals surface area contributed by atoms with Crippen LogP contribution in [0.4, 0.5) is 0 Å². The third kappa shape index (κ3) is 2.32. The Morgan fingerprint density at radius 3 is 2.43 bits per heavy atom. The number of hydrogen-bond donors (Lipinski definition) is 1. The molecule has 0 saturated carbocycles. The fraction of sp³-hybridized carbons (Fsp3) is 0.333. The summed E-state index contributed by atoms with van der Waals surface area (Å²) in [4.78, 5) is 22.1. The monoisotopic (exact) mass is 328 g/mol. The van der Waals surface area contributed by atoms with Gasteiger partial charge in [-0.25, -0.2) is 4.79 Å². The fourth-order valence-corrected chi connectivity index (χ4v) is 3.25. The molecule has 1 N–H and O–H groups in total. The van der Waals surface area contributed by atoms with Gasteiger partial charge in [0, 0.05) is 5.41 Å². The number of carbonyl (C=O) groups is 2. The number of carbonyl (C=O) groups excluding carboxylic acids is 2. The highest BCUT2D eigenvalue weighted by molar-refractivity contribution is 6.49. The van der Waals surface area contributed by atoms with Gasteiger partial charge in [0.05, 0.1) is 12.1 Å². The molecular formula is C15H14Cl2O4. The van der Waals surface area contributed by atoms with E-state index in [4.69, 9.17) is 23.2 Å². The van der Waals surface area contributed by atoms with E-state index in [-0.39, 0.29) is 11.5 Å². The van der Waals surface area contributed by atoms with Gasteiger partial charge in [0.25, 0.3) is 0 Å². The molecule has 4 nitrogen and oxygen atoms in total. The van der Waals surface area contributed by atoms with Crippen LogP contribution in [-0.4, -0.2) is 28.8 Å². The van der Waals surface area contributed by atoms with Crippen molar-refractivity contribution in [1.29, 1.82) is 0 Å². The maximum absolute atomic E-state index is 12.2. The number of rotatable bonds is 2. The summed E-state index contributed by atoms with van der Waals surface area (Å²) in [6, 6.07) is 9.01. The molecule has 0 spiro atoms. The van der Waals surface area contributed by atoms with Crippen LogP contribution in [0, 0.1) is 0 Å². The van der Waals surface area contributed by atoms with Crippen LogP contribution in [-0.2, 0) is 19.7 Å². The molecule has 0 fully saturated rings. The molecule has 21 heavy (non-hydrogen) atoms. The number of aliphatic hydroxyl groups excluding tert-OH is 1. The first-order valence-corrected chi connectivity index (χ1v) is 7.00. The molecule has 0 radical (unpaired) electrons. The third-order valence-corrected chi connectivity index (χ3v) is 4.84. The number of halogens is 2. The van der Waals surface area contributed by atoms with Gasteiger partial charge in [-0.15, -0.1) is 0 Å². The molecule has 1 aromatic rings. The highest BCUT2D eigenvalue weighted by Crippen LogP contribution is 2.49. The summed E-state index contributed by atoms with van der Waals surface area (Å²) >= 11 is 12.4. The molecule has 6 heteroatoms. The molecule has 0 saturated heterocycles. The Morgan fingerprint density at radius 1 is 1.33 bits per heavy atom. The van der Waals surface area contributed by atoms with Gasteiger partial charge in [-0.3, -0.25) is 4.79 Å². The number of ketones is 1. The van der Waals surface area contributed by atoms with Crippen molar-refractivity contribution in [3.63, 3.8) is 0 Å². The predicted octanol–water partition coefficient (Wildman–Crippen LogP) is 3.08. The Kier molecular flexibility index (Phi) is 4.04. The summed E-state index contributed by atoms with van der Waals surface area (Å²) in [6.07, 6.45) is -0.0973. The van der Waals surface area contributed by atoms with Crippen molar-refractivity contribution < 1.29 is 19.4 Å². The van der Waals surface area contributed by atoms with Crippen molar-refractivity contribution in [1.82, 2.24) is 0 Å². The summed E-state index contributed by atoms with van der Waals surface area (Å²) < 4.78 is 4.61. The molecule has 0 amide bonds. The zero-order valence-corrected chi connectivity index (χ0v) is 13.0. The van der Waals surface area contributed by atoms with E-state index in [1.54, 1.807) is 31.2 Å². The van der Waals surface area contributed by atoms with E-state index in [1.807, 2.05) is 6.07 Å². The third-order valence-electron chi connectivity index (χ3n) is 3.78. The number of allylic oxidation sites excluding steroid dienone is 2. The molecular weight excluding hydrogens is 315 g/mol. The molecule has 1 aliphatic rings. The first-order chi connectivity index (χ1) is 9.77.